The Balaban J connectivity index is 2.38. The molecule has 0 saturated carbocycles. The Morgan fingerprint density at radius 1 is 1.18 bits per heavy atom. The van der Waals surface area contributed by atoms with Crippen molar-refractivity contribution in [2.24, 2.45) is 7.05 Å². The number of rotatable bonds is 5. The molecule has 0 aliphatic rings. The highest BCUT2D eigenvalue weighted by molar-refractivity contribution is 5.65. The molecule has 2 aromatic rings. The average molecular weight is 298 g/mol. The minimum Gasteiger partial charge on any atom is -0.311 e. The zero-order valence-corrected chi connectivity index (χ0v) is 14.2. The van der Waals surface area contributed by atoms with Gasteiger partial charge in [0.05, 0.1) is 5.69 Å². The Morgan fingerprint density at radius 2 is 1.91 bits per heavy atom. The molecule has 0 aliphatic carbocycles. The van der Waals surface area contributed by atoms with Gasteiger partial charge in [-0.15, -0.1) is 0 Å². The molecule has 0 spiro atoms. The van der Waals surface area contributed by atoms with Crippen LogP contribution in [0.3, 0.4) is 0 Å². The highest BCUT2D eigenvalue weighted by Gasteiger charge is 2.10. The summed E-state index contributed by atoms with van der Waals surface area (Å²) < 4.78 is 1.76. The Morgan fingerprint density at radius 3 is 2.59 bits per heavy atom. The fourth-order valence-corrected chi connectivity index (χ4v) is 2.53. The molecule has 1 unspecified atom stereocenters. The van der Waals surface area contributed by atoms with E-state index in [2.05, 4.69) is 57.3 Å². The predicted octanol–water partition coefficient (Wildman–Crippen LogP) is 3.56. The minimum atomic E-state index is 0.0780. The van der Waals surface area contributed by atoms with Crippen LogP contribution in [0.4, 0.5) is 0 Å². The number of nitrogens with one attached hydrogen (secondary N) is 1. The molecule has 118 valence electrons. The Labute approximate surface area is 133 Å². The van der Waals surface area contributed by atoms with Crippen molar-refractivity contribution in [1.29, 1.82) is 0 Å². The fraction of sp³-hybridized carbons (Fsp3) is 0.421. The molecule has 0 saturated heterocycles. The lowest BCUT2D eigenvalue weighted by molar-refractivity contribution is 0.531. The molecule has 1 N–H and O–H groups in total. The Hall–Kier alpha value is -1.87. The average Bonchev–Trinajstić information content (AvgIpc) is 2.51. The monoisotopic (exact) mass is 298 g/mol. The fourth-order valence-electron chi connectivity index (χ4n) is 2.53. The van der Waals surface area contributed by atoms with E-state index in [9.17, 15) is 4.79 Å². The molecule has 0 bridgehead atoms. The Kier molecular flexibility index (Phi) is 5.19. The normalized spacial score (nSPS) is 12.4. The number of nitrogens with zero attached hydrogens (tertiary/aromatic N) is 1. The molecule has 1 heterocycles. The van der Waals surface area contributed by atoms with E-state index in [4.69, 9.17) is 0 Å². The summed E-state index contributed by atoms with van der Waals surface area (Å²) >= 11 is 0. The molecular weight excluding hydrogens is 272 g/mol. The molecule has 0 amide bonds. The minimum absolute atomic E-state index is 0.0780. The van der Waals surface area contributed by atoms with Gasteiger partial charge in [0.1, 0.15) is 0 Å². The lowest BCUT2D eigenvalue weighted by atomic mass is 10.0. The molecule has 0 fully saturated rings. The number of aromatic nitrogens is 1. The largest absolute Gasteiger partial charge is 0.311 e. The topological polar surface area (TPSA) is 34.0 Å². The zero-order valence-electron chi connectivity index (χ0n) is 14.2. The summed E-state index contributed by atoms with van der Waals surface area (Å²) in [6, 6.07) is 10.8. The van der Waals surface area contributed by atoms with Crippen LogP contribution in [-0.4, -0.2) is 10.6 Å². The molecule has 3 nitrogen and oxygen atoms in total. The molecule has 3 heteroatoms. The van der Waals surface area contributed by atoms with Gasteiger partial charge in [-0.05, 0) is 44.9 Å². The van der Waals surface area contributed by atoms with Gasteiger partial charge in [0, 0.05) is 30.8 Å². The zero-order chi connectivity index (χ0) is 16.3. The van der Waals surface area contributed by atoms with Crippen molar-refractivity contribution in [3.63, 3.8) is 0 Å². The highest BCUT2D eigenvalue weighted by atomic mass is 16.1. The first kappa shape index (κ1) is 16.5. The van der Waals surface area contributed by atoms with E-state index in [1.165, 1.54) is 11.1 Å². The summed E-state index contributed by atoms with van der Waals surface area (Å²) in [5.41, 5.74) is 5.38. The molecule has 22 heavy (non-hydrogen) atoms. The van der Waals surface area contributed by atoms with E-state index >= 15 is 0 Å². The second-order valence-electron chi connectivity index (χ2n) is 6.12. The van der Waals surface area contributed by atoms with Crippen LogP contribution in [0.1, 0.15) is 37.0 Å². The van der Waals surface area contributed by atoms with Gasteiger partial charge in [0.15, 0.2) is 0 Å². The number of hydrogen-bond acceptors (Lipinski definition) is 2. The van der Waals surface area contributed by atoms with Gasteiger partial charge in [0.25, 0.3) is 5.56 Å². The van der Waals surface area contributed by atoms with Crippen LogP contribution in [0.15, 0.2) is 35.1 Å². The van der Waals surface area contributed by atoms with E-state index in [0.29, 0.717) is 12.6 Å². The second-order valence-corrected chi connectivity index (χ2v) is 6.12. The van der Waals surface area contributed by atoms with Crippen molar-refractivity contribution < 1.29 is 0 Å². The first-order valence-corrected chi connectivity index (χ1v) is 7.94. The van der Waals surface area contributed by atoms with E-state index in [-0.39, 0.29) is 5.56 Å². The summed E-state index contributed by atoms with van der Waals surface area (Å²) in [6.07, 6.45) is 1.06. The first-order chi connectivity index (χ1) is 10.4. The maximum atomic E-state index is 12.6. The van der Waals surface area contributed by atoms with Crippen molar-refractivity contribution >= 4 is 0 Å². The third-order valence-corrected chi connectivity index (χ3v) is 4.31. The van der Waals surface area contributed by atoms with Crippen molar-refractivity contribution in [2.75, 3.05) is 0 Å². The number of pyridine rings is 1. The number of benzene rings is 1. The van der Waals surface area contributed by atoms with Crippen molar-refractivity contribution in [2.45, 2.75) is 46.7 Å². The summed E-state index contributed by atoms with van der Waals surface area (Å²) in [5, 5.41) is 3.38. The maximum absolute atomic E-state index is 12.6. The SMILES string of the molecule is CCC(C)NCc1ccc(-c2cc(C)ccc2C)n(C)c1=O. The van der Waals surface area contributed by atoms with Crippen LogP contribution in [-0.2, 0) is 13.6 Å². The third kappa shape index (κ3) is 3.47. The third-order valence-electron chi connectivity index (χ3n) is 4.31. The standard InChI is InChI=1S/C19H26N2O/c1-6-15(4)20-12-16-9-10-18(21(5)19(16)22)17-11-13(2)7-8-14(17)3/h7-11,15,20H,6,12H2,1-5H3. The van der Waals surface area contributed by atoms with Gasteiger partial charge in [-0.3, -0.25) is 4.79 Å². The molecule has 2 rings (SSSR count). The van der Waals surface area contributed by atoms with Crippen LogP contribution in [0.2, 0.25) is 0 Å². The molecule has 0 aliphatic heterocycles. The molecule has 1 aromatic carbocycles. The lowest BCUT2D eigenvalue weighted by Crippen LogP contribution is -2.30. The van der Waals surface area contributed by atoms with Gasteiger partial charge in [0.2, 0.25) is 0 Å². The molecule has 0 radical (unpaired) electrons. The molecule has 1 atom stereocenters. The van der Waals surface area contributed by atoms with Crippen LogP contribution in [0.25, 0.3) is 11.3 Å². The predicted molar refractivity (Wildman–Crippen MR) is 93.2 cm³/mol. The van der Waals surface area contributed by atoms with E-state index in [1.807, 2.05) is 13.1 Å². The second kappa shape index (κ2) is 6.93. The summed E-state index contributed by atoms with van der Waals surface area (Å²) in [7, 11) is 1.85. The number of hydrogen-bond donors (Lipinski definition) is 1. The van der Waals surface area contributed by atoms with Crippen LogP contribution >= 0.6 is 0 Å². The van der Waals surface area contributed by atoms with Gasteiger partial charge < -0.3 is 9.88 Å². The van der Waals surface area contributed by atoms with Crippen LogP contribution in [0, 0.1) is 13.8 Å². The van der Waals surface area contributed by atoms with E-state index < -0.39 is 0 Å². The van der Waals surface area contributed by atoms with Gasteiger partial charge >= 0.3 is 0 Å². The van der Waals surface area contributed by atoms with Crippen molar-refractivity contribution in [1.82, 2.24) is 9.88 Å². The van der Waals surface area contributed by atoms with Gasteiger partial charge in [-0.25, -0.2) is 0 Å². The van der Waals surface area contributed by atoms with Crippen molar-refractivity contribution in [3.8, 4) is 11.3 Å². The maximum Gasteiger partial charge on any atom is 0.255 e. The van der Waals surface area contributed by atoms with E-state index in [0.717, 1.165) is 23.2 Å². The summed E-state index contributed by atoms with van der Waals surface area (Å²) in [5.74, 6) is 0. The summed E-state index contributed by atoms with van der Waals surface area (Å²) in [4.78, 5) is 12.6. The number of aryl methyl sites for hydroxylation is 2. The molecular formula is C19H26N2O. The first-order valence-electron chi connectivity index (χ1n) is 7.94. The smallest absolute Gasteiger partial charge is 0.255 e. The van der Waals surface area contributed by atoms with Crippen LogP contribution in [0.5, 0.6) is 0 Å². The van der Waals surface area contributed by atoms with E-state index in [1.54, 1.807) is 4.57 Å². The van der Waals surface area contributed by atoms with Gasteiger partial charge in [-0.2, -0.15) is 0 Å². The van der Waals surface area contributed by atoms with Crippen molar-refractivity contribution in [3.05, 3.63) is 57.4 Å². The molecule has 1 aromatic heterocycles. The van der Waals surface area contributed by atoms with Gasteiger partial charge in [-0.1, -0.05) is 30.7 Å². The lowest BCUT2D eigenvalue weighted by Gasteiger charge is -2.15. The summed E-state index contributed by atoms with van der Waals surface area (Å²) in [6.45, 7) is 9.05. The quantitative estimate of drug-likeness (QED) is 0.916. The van der Waals surface area contributed by atoms with Crippen LogP contribution < -0.4 is 10.9 Å². The highest BCUT2D eigenvalue weighted by Crippen LogP contribution is 2.23. The Bertz CT molecular complexity index is 716.